The van der Waals surface area contributed by atoms with E-state index < -0.39 is 0 Å². The van der Waals surface area contributed by atoms with Crippen LogP contribution in [-0.2, 0) is 17.9 Å². The van der Waals surface area contributed by atoms with E-state index in [0.29, 0.717) is 6.54 Å². The van der Waals surface area contributed by atoms with E-state index in [2.05, 4.69) is 46.3 Å². The number of hydrogen-bond donors (Lipinski definition) is 1. The van der Waals surface area contributed by atoms with Crippen LogP contribution in [0.15, 0.2) is 24.3 Å². The fourth-order valence-corrected chi connectivity index (χ4v) is 2.83. The number of carbonyl (C=O) groups is 1. The molecule has 1 fully saturated rings. The quantitative estimate of drug-likeness (QED) is 0.839. The van der Waals surface area contributed by atoms with Crippen molar-refractivity contribution in [3.05, 3.63) is 35.4 Å². The minimum atomic E-state index is 0.0936. The maximum absolute atomic E-state index is 11.8. The van der Waals surface area contributed by atoms with E-state index in [1.807, 2.05) is 13.8 Å². The van der Waals surface area contributed by atoms with Gasteiger partial charge in [-0.3, -0.25) is 9.69 Å². The third kappa shape index (κ3) is 5.63. The highest BCUT2D eigenvalue weighted by atomic mass is 16.1. The van der Waals surface area contributed by atoms with Crippen LogP contribution in [-0.4, -0.2) is 48.4 Å². The molecule has 0 saturated carbocycles. The fourth-order valence-electron chi connectivity index (χ4n) is 2.83. The Morgan fingerprint density at radius 2 is 1.61 bits per heavy atom. The van der Waals surface area contributed by atoms with Gasteiger partial charge in [0.05, 0.1) is 0 Å². The molecule has 2 rings (SSSR count). The molecule has 1 amide bonds. The number of benzene rings is 1. The molecule has 1 aliphatic heterocycles. The molecule has 0 bridgehead atoms. The van der Waals surface area contributed by atoms with Gasteiger partial charge in [-0.2, -0.15) is 0 Å². The molecule has 4 nitrogen and oxygen atoms in total. The number of hydrogen-bond acceptors (Lipinski definition) is 3. The molecule has 0 radical (unpaired) electrons. The molecule has 1 aliphatic rings. The SMILES string of the molecule is CC[C@H](C)C(=O)NCc1ccc(CN2CCN(CC)CC2)cc1. The molecule has 1 aromatic carbocycles. The van der Waals surface area contributed by atoms with E-state index in [0.717, 1.165) is 32.6 Å². The molecule has 23 heavy (non-hydrogen) atoms. The second-order valence-electron chi connectivity index (χ2n) is 6.55. The summed E-state index contributed by atoms with van der Waals surface area (Å²) in [6, 6.07) is 8.65. The van der Waals surface area contributed by atoms with Gasteiger partial charge in [-0.25, -0.2) is 0 Å². The van der Waals surface area contributed by atoms with E-state index in [1.54, 1.807) is 0 Å². The van der Waals surface area contributed by atoms with E-state index in [-0.39, 0.29) is 11.8 Å². The number of likely N-dealkylation sites (N-methyl/N-ethyl adjacent to an activating group) is 1. The van der Waals surface area contributed by atoms with Crippen LogP contribution < -0.4 is 5.32 Å². The summed E-state index contributed by atoms with van der Waals surface area (Å²) in [5.74, 6) is 0.237. The summed E-state index contributed by atoms with van der Waals surface area (Å²) in [4.78, 5) is 16.8. The average molecular weight is 317 g/mol. The van der Waals surface area contributed by atoms with Gasteiger partial charge in [0.25, 0.3) is 0 Å². The van der Waals surface area contributed by atoms with E-state index >= 15 is 0 Å². The fraction of sp³-hybridized carbons (Fsp3) is 0.632. The number of amides is 1. The highest BCUT2D eigenvalue weighted by Gasteiger charge is 2.15. The molecule has 1 heterocycles. The van der Waals surface area contributed by atoms with Crippen molar-refractivity contribution in [2.24, 2.45) is 5.92 Å². The van der Waals surface area contributed by atoms with Crippen molar-refractivity contribution in [1.82, 2.24) is 15.1 Å². The highest BCUT2D eigenvalue weighted by molar-refractivity contribution is 5.78. The van der Waals surface area contributed by atoms with Gasteiger partial charge in [0.15, 0.2) is 0 Å². The van der Waals surface area contributed by atoms with Crippen molar-refractivity contribution in [1.29, 1.82) is 0 Å². The van der Waals surface area contributed by atoms with Crippen molar-refractivity contribution in [2.75, 3.05) is 32.7 Å². The number of piperazine rings is 1. The van der Waals surface area contributed by atoms with Gasteiger partial charge in [-0.1, -0.05) is 45.0 Å². The monoisotopic (exact) mass is 317 g/mol. The predicted molar refractivity (Wildman–Crippen MR) is 95.1 cm³/mol. The molecular formula is C19H31N3O. The standard InChI is InChI=1S/C19H31N3O/c1-4-16(3)19(23)20-14-17-6-8-18(9-7-17)15-22-12-10-21(5-2)11-13-22/h6-9,16H,4-5,10-15H2,1-3H3,(H,20,23)/t16-/m0/s1. The first-order valence-electron chi connectivity index (χ1n) is 8.92. The maximum Gasteiger partial charge on any atom is 0.223 e. The minimum Gasteiger partial charge on any atom is -0.352 e. The van der Waals surface area contributed by atoms with Crippen LogP contribution in [0, 0.1) is 5.92 Å². The molecule has 1 N–H and O–H groups in total. The second-order valence-corrected chi connectivity index (χ2v) is 6.55. The zero-order valence-corrected chi connectivity index (χ0v) is 14.8. The molecule has 0 aromatic heterocycles. The summed E-state index contributed by atoms with van der Waals surface area (Å²) < 4.78 is 0. The Hall–Kier alpha value is -1.39. The third-order valence-corrected chi connectivity index (χ3v) is 4.87. The summed E-state index contributed by atoms with van der Waals surface area (Å²) in [5.41, 5.74) is 2.52. The first-order valence-corrected chi connectivity index (χ1v) is 8.92. The van der Waals surface area contributed by atoms with E-state index in [1.165, 1.54) is 24.2 Å². The van der Waals surface area contributed by atoms with Gasteiger partial charge >= 0.3 is 0 Å². The van der Waals surface area contributed by atoms with Crippen molar-refractivity contribution in [2.45, 2.75) is 40.3 Å². The topological polar surface area (TPSA) is 35.6 Å². The molecule has 0 aliphatic carbocycles. The van der Waals surface area contributed by atoms with Crippen LogP contribution in [0.3, 0.4) is 0 Å². The van der Waals surface area contributed by atoms with Gasteiger partial charge in [0, 0.05) is 45.2 Å². The lowest BCUT2D eigenvalue weighted by Gasteiger charge is -2.34. The first kappa shape index (κ1) is 18.0. The zero-order chi connectivity index (χ0) is 16.7. The Balaban J connectivity index is 1.77. The van der Waals surface area contributed by atoms with Gasteiger partial charge < -0.3 is 10.2 Å². The summed E-state index contributed by atoms with van der Waals surface area (Å²) in [7, 11) is 0. The lowest BCUT2D eigenvalue weighted by Crippen LogP contribution is -2.45. The molecule has 128 valence electrons. The maximum atomic E-state index is 11.8. The van der Waals surface area contributed by atoms with Gasteiger partial charge in [-0.05, 0) is 24.1 Å². The van der Waals surface area contributed by atoms with Gasteiger partial charge in [0.1, 0.15) is 0 Å². The van der Waals surface area contributed by atoms with Crippen molar-refractivity contribution < 1.29 is 4.79 Å². The number of carbonyl (C=O) groups excluding carboxylic acids is 1. The Morgan fingerprint density at radius 3 is 2.17 bits per heavy atom. The summed E-state index contributed by atoms with van der Waals surface area (Å²) in [5, 5.41) is 3.01. The van der Waals surface area contributed by atoms with Crippen LogP contribution in [0.1, 0.15) is 38.3 Å². The first-order chi connectivity index (χ1) is 11.1. The molecule has 1 saturated heterocycles. The third-order valence-electron chi connectivity index (χ3n) is 4.87. The van der Waals surface area contributed by atoms with Crippen LogP contribution in [0.2, 0.25) is 0 Å². The highest BCUT2D eigenvalue weighted by Crippen LogP contribution is 2.10. The number of nitrogens with one attached hydrogen (secondary N) is 1. The Morgan fingerprint density at radius 1 is 1.04 bits per heavy atom. The van der Waals surface area contributed by atoms with Crippen molar-refractivity contribution in [3.63, 3.8) is 0 Å². The summed E-state index contributed by atoms with van der Waals surface area (Å²) in [6.07, 6.45) is 0.885. The van der Waals surface area contributed by atoms with Gasteiger partial charge in [0.2, 0.25) is 5.91 Å². The molecular weight excluding hydrogens is 286 g/mol. The van der Waals surface area contributed by atoms with Crippen molar-refractivity contribution >= 4 is 5.91 Å². The van der Waals surface area contributed by atoms with Gasteiger partial charge in [-0.15, -0.1) is 0 Å². The number of rotatable bonds is 7. The second kappa shape index (κ2) is 9.04. The van der Waals surface area contributed by atoms with Crippen LogP contribution in [0.4, 0.5) is 0 Å². The van der Waals surface area contributed by atoms with Crippen LogP contribution in [0.25, 0.3) is 0 Å². The Labute approximate surface area is 140 Å². The molecule has 1 atom stereocenters. The Bertz CT molecular complexity index is 478. The predicted octanol–water partition coefficient (Wildman–Crippen LogP) is 2.49. The lowest BCUT2D eigenvalue weighted by atomic mass is 10.1. The van der Waals surface area contributed by atoms with Crippen LogP contribution >= 0.6 is 0 Å². The zero-order valence-electron chi connectivity index (χ0n) is 14.8. The summed E-state index contributed by atoms with van der Waals surface area (Å²) >= 11 is 0. The molecule has 1 aromatic rings. The molecule has 4 heteroatoms. The molecule has 0 spiro atoms. The minimum absolute atomic E-state index is 0.0936. The summed E-state index contributed by atoms with van der Waals surface area (Å²) in [6.45, 7) is 13.7. The Kier molecular flexibility index (Phi) is 7.06. The average Bonchev–Trinajstić information content (AvgIpc) is 2.60. The largest absolute Gasteiger partial charge is 0.352 e. The normalized spacial score (nSPS) is 17.9. The van der Waals surface area contributed by atoms with Crippen LogP contribution in [0.5, 0.6) is 0 Å². The van der Waals surface area contributed by atoms with E-state index in [9.17, 15) is 4.79 Å². The van der Waals surface area contributed by atoms with Crippen molar-refractivity contribution in [3.8, 4) is 0 Å². The smallest absolute Gasteiger partial charge is 0.223 e. The molecule has 0 unspecified atom stereocenters. The lowest BCUT2D eigenvalue weighted by molar-refractivity contribution is -0.124. The number of nitrogens with zero attached hydrogens (tertiary/aromatic N) is 2. The van der Waals surface area contributed by atoms with E-state index in [4.69, 9.17) is 0 Å².